The van der Waals surface area contributed by atoms with E-state index in [1.54, 1.807) is 18.2 Å². The molecule has 6 heteroatoms. The lowest BCUT2D eigenvalue weighted by Crippen LogP contribution is -2.20. The van der Waals surface area contributed by atoms with E-state index in [9.17, 15) is 5.11 Å². The number of phenols is 1. The normalized spacial score (nSPS) is 17.4. The lowest BCUT2D eigenvalue weighted by Gasteiger charge is -2.05. The zero-order valence-corrected chi connectivity index (χ0v) is 9.44. The molecule has 0 spiro atoms. The summed E-state index contributed by atoms with van der Waals surface area (Å²) in [7, 11) is 0. The quantitative estimate of drug-likeness (QED) is 0.709. The van der Waals surface area contributed by atoms with Crippen molar-refractivity contribution in [3.63, 3.8) is 0 Å². The Kier molecular flexibility index (Phi) is 2.93. The number of amidine groups is 2. The summed E-state index contributed by atoms with van der Waals surface area (Å²) >= 11 is 5.75. The van der Waals surface area contributed by atoms with Crippen molar-refractivity contribution in [2.75, 3.05) is 0 Å². The average molecular weight is 249 g/mol. The van der Waals surface area contributed by atoms with Crippen molar-refractivity contribution in [1.82, 2.24) is 0 Å². The van der Waals surface area contributed by atoms with Crippen LogP contribution in [-0.4, -0.2) is 22.5 Å². The first-order chi connectivity index (χ1) is 8.06. The first-order valence-electron chi connectivity index (χ1n) is 4.74. The molecule has 0 saturated carbocycles. The second kappa shape index (κ2) is 4.39. The maximum absolute atomic E-state index is 9.26. The SMILES string of the molecule is N=C1N=C(N)C=CC1=Nc1ccc(O)c(Cl)c1. The highest BCUT2D eigenvalue weighted by Gasteiger charge is 2.08. The van der Waals surface area contributed by atoms with Crippen molar-refractivity contribution >= 4 is 34.7 Å². The van der Waals surface area contributed by atoms with E-state index in [-0.39, 0.29) is 22.4 Å². The summed E-state index contributed by atoms with van der Waals surface area (Å²) in [6.45, 7) is 0. The summed E-state index contributed by atoms with van der Waals surface area (Å²) in [5, 5.41) is 17.1. The molecule has 0 fully saturated rings. The van der Waals surface area contributed by atoms with E-state index in [0.29, 0.717) is 11.4 Å². The Morgan fingerprint density at radius 3 is 2.76 bits per heavy atom. The molecule has 0 aromatic heterocycles. The minimum absolute atomic E-state index is 0.00537. The summed E-state index contributed by atoms with van der Waals surface area (Å²) in [5.74, 6) is 0.263. The highest BCUT2D eigenvalue weighted by atomic mass is 35.5. The van der Waals surface area contributed by atoms with Gasteiger partial charge in [-0.25, -0.2) is 9.98 Å². The van der Waals surface area contributed by atoms with Gasteiger partial charge in [-0.05, 0) is 30.4 Å². The van der Waals surface area contributed by atoms with Crippen LogP contribution < -0.4 is 5.73 Å². The molecule has 1 aromatic carbocycles. The van der Waals surface area contributed by atoms with Gasteiger partial charge in [0.1, 0.15) is 17.3 Å². The zero-order valence-electron chi connectivity index (χ0n) is 8.68. The molecule has 0 aliphatic carbocycles. The standard InChI is InChI=1S/C11H9ClN4O/c12-7-5-6(1-3-9(7)17)15-8-2-4-10(13)16-11(8)14/h1-5,17H,(H3,13,14,16). The molecular formula is C11H9ClN4O. The maximum Gasteiger partial charge on any atom is 0.172 e. The molecule has 1 heterocycles. The molecule has 0 atom stereocenters. The van der Waals surface area contributed by atoms with E-state index >= 15 is 0 Å². The molecule has 0 amide bonds. The van der Waals surface area contributed by atoms with Gasteiger partial charge in [0.15, 0.2) is 5.84 Å². The molecule has 4 N–H and O–H groups in total. The van der Waals surface area contributed by atoms with Gasteiger partial charge in [0.25, 0.3) is 0 Å². The third kappa shape index (κ3) is 2.51. The van der Waals surface area contributed by atoms with Crippen LogP contribution in [0, 0.1) is 5.41 Å². The van der Waals surface area contributed by atoms with E-state index in [1.807, 2.05) is 0 Å². The van der Waals surface area contributed by atoms with E-state index in [1.165, 1.54) is 12.1 Å². The topological polar surface area (TPSA) is 94.8 Å². The van der Waals surface area contributed by atoms with Gasteiger partial charge in [0, 0.05) is 0 Å². The van der Waals surface area contributed by atoms with Crippen LogP contribution in [0.4, 0.5) is 5.69 Å². The highest BCUT2D eigenvalue weighted by Crippen LogP contribution is 2.27. The highest BCUT2D eigenvalue weighted by molar-refractivity contribution is 6.48. The van der Waals surface area contributed by atoms with E-state index in [4.69, 9.17) is 22.7 Å². The Morgan fingerprint density at radius 1 is 1.35 bits per heavy atom. The van der Waals surface area contributed by atoms with Crippen LogP contribution in [0.3, 0.4) is 0 Å². The van der Waals surface area contributed by atoms with Crippen LogP contribution in [0.25, 0.3) is 0 Å². The molecule has 5 nitrogen and oxygen atoms in total. The predicted molar refractivity (Wildman–Crippen MR) is 68.7 cm³/mol. The van der Waals surface area contributed by atoms with Gasteiger partial charge in [-0.15, -0.1) is 0 Å². The summed E-state index contributed by atoms with van der Waals surface area (Å²) in [5.41, 5.74) is 6.36. The second-order valence-corrected chi connectivity index (χ2v) is 3.76. The number of aliphatic imine (C=N–C) groups is 2. The third-order valence-corrected chi connectivity index (χ3v) is 2.38. The number of aromatic hydroxyl groups is 1. The molecule has 0 bridgehead atoms. The van der Waals surface area contributed by atoms with Crippen molar-refractivity contribution in [3.8, 4) is 5.75 Å². The van der Waals surface area contributed by atoms with Crippen molar-refractivity contribution < 1.29 is 5.11 Å². The molecule has 1 aliphatic heterocycles. The zero-order chi connectivity index (χ0) is 12.4. The van der Waals surface area contributed by atoms with E-state index < -0.39 is 0 Å². The van der Waals surface area contributed by atoms with Gasteiger partial charge in [-0.1, -0.05) is 11.6 Å². The molecule has 1 aliphatic rings. The number of hydrogen-bond donors (Lipinski definition) is 3. The molecule has 0 saturated heterocycles. The minimum atomic E-state index is -0.00727. The first-order valence-corrected chi connectivity index (χ1v) is 5.12. The van der Waals surface area contributed by atoms with Gasteiger partial charge in [-0.2, -0.15) is 0 Å². The minimum Gasteiger partial charge on any atom is -0.506 e. The fourth-order valence-electron chi connectivity index (χ4n) is 1.26. The van der Waals surface area contributed by atoms with Crippen LogP contribution in [-0.2, 0) is 0 Å². The monoisotopic (exact) mass is 248 g/mol. The van der Waals surface area contributed by atoms with Crippen LogP contribution >= 0.6 is 11.6 Å². The van der Waals surface area contributed by atoms with Crippen LogP contribution in [0.2, 0.25) is 5.02 Å². The number of benzene rings is 1. The smallest absolute Gasteiger partial charge is 0.172 e. The molecule has 17 heavy (non-hydrogen) atoms. The molecule has 86 valence electrons. The Balaban J connectivity index is 2.34. The number of rotatable bonds is 1. The van der Waals surface area contributed by atoms with Gasteiger partial charge >= 0.3 is 0 Å². The lowest BCUT2D eigenvalue weighted by molar-refractivity contribution is 0.475. The van der Waals surface area contributed by atoms with Gasteiger partial charge in [0.05, 0.1) is 10.7 Å². The van der Waals surface area contributed by atoms with Crippen LogP contribution in [0.15, 0.2) is 40.3 Å². The lowest BCUT2D eigenvalue weighted by atomic mass is 10.2. The van der Waals surface area contributed by atoms with E-state index in [0.717, 1.165) is 0 Å². The van der Waals surface area contributed by atoms with E-state index in [2.05, 4.69) is 9.98 Å². The number of nitrogens with zero attached hydrogens (tertiary/aromatic N) is 2. The summed E-state index contributed by atoms with van der Waals surface area (Å²) < 4.78 is 0. The molecule has 0 radical (unpaired) electrons. The molecule has 1 aromatic rings. The first kappa shape index (κ1) is 11.3. The molecular weight excluding hydrogens is 240 g/mol. The summed E-state index contributed by atoms with van der Waals surface area (Å²) in [4.78, 5) is 7.96. The van der Waals surface area contributed by atoms with Gasteiger partial charge in [-0.3, -0.25) is 5.41 Å². The van der Waals surface area contributed by atoms with Crippen LogP contribution in [0.5, 0.6) is 5.75 Å². The van der Waals surface area contributed by atoms with Crippen molar-refractivity contribution in [2.24, 2.45) is 15.7 Å². The Hall–Kier alpha value is -2.14. The van der Waals surface area contributed by atoms with Crippen LogP contribution in [0.1, 0.15) is 0 Å². The number of hydrogen-bond acceptors (Lipinski definition) is 4. The van der Waals surface area contributed by atoms with Gasteiger partial charge < -0.3 is 10.8 Å². The predicted octanol–water partition coefficient (Wildman–Crippen LogP) is 2.02. The largest absolute Gasteiger partial charge is 0.506 e. The Morgan fingerprint density at radius 2 is 2.12 bits per heavy atom. The summed E-state index contributed by atoms with van der Waals surface area (Å²) in [6, 6.07) is 4.54. The van der Waals surface area contributed by atoms with Crippen molar-refractivity contribution in [3.05, 3.63) is 35.4 Å². The van der Waals surface area contributed by atoms with Crippen molar-refractivity contribution in [2.45, 2.75) is 0 Å². The maximum atomic E-state index is 9.26. The Bertz CT molecular complexity index is 575. The number of dihydropyridines is 1. The summed E-state index contributed by atoms with van der Waals surface area (Å²) in [6.07, 6.45) is 3.17. The third-order valence-electron chi connectivity index (χ3n) is 2.08. The fraction of sp³-hybridized carbons (Fsp3) is 0. The molecule has 2 rings (SSSR count). The second-order valence-electron chi connectivity index (χ2n) is 3.35. The number of nitrogens with two attached hydrogens (primary N) is 1. The Labute approximate surface area is 102 Å². The molecule has 0 unspecified atom stereocenters. The fourth-order valence-corrected chi connectivity index (χ4v) is 1.44. The van der Waals surface area contributed by atoms with Crippen molar-refractivity contribution in [1.29, 1.82) is 5.41 Å². The number of phenolic OH excluding ortho intramolecular Hbond substituents is 1. The van der Waals surface area contributed by atoms with Gasteiger partial charge in [0.2, 0.25) is 0 Å². The average Bonchev–Trinajstić information content (AvgIpc) is 2.27. The number of halogens is 1. The number of nitrogens with one attached hydrogen (secondary N) is 1.